The predicted molar refractivity (Wildman–Crippen MR) is 157 cm³/mol. The zero-order valence-electron chi connectivity index (χ0n) is 25.4. The molecule has 0 radical (unpaired) electrons. The Labute approximate surface area is 239 Å². The van der Waals surface area contributed by atoms with E-state index in [1.54, 1.807) is 43.6 Å². The number of amides is 1. The molecule has 2 aromatic rings. The summed E-state index contributed by atoms with van der Waals surface area (Å²) in [7, 11) is 0. The van der Waals surface area contributed by atoms with Crippen molar-refractivity contribution in [2.75, 3.05) is 26.4 Å². The van der Waals surface area contributed by atoms with Crippen molar-refractivity contribution in [1.29, 1.82) is 0 Å². The molecule has 2 rings (SSSR count). The highest BCUT2D eigenvalue weighted by Gasteiger charge is 2.17. The van der Waals surface area contributed by atoms with Crippen molar-refractivity contribution in [1.82, 2.24) is 15.3 Å². The van der Waals surface area contributed by atoms with E-state index in [1.165, 1.54) is 6.92 Å². The normalized spacial score (nSPS) is 10.9. The zero-order valence-corrected chi connectivity index (χ0v) is 25.4. The molecule has 40 heavy (non-hydrogen) atoms. The fourth-order valence-corrected chi connectivity index (χ4v) is 3.14. The summed E-state index contributed by atoms with van der Waals surface area (Å²) in [6.07, 6.45) is 4.15. The second kappa shape index (κ2) is 21.5. The van der Waals surface area contributed by atoms with Crippen LogP contribution in [0.5, 0.6) is 0 Å². The molecule has 1 unspecified atom stereocenters. The van der Waals surface area contributed by atoms with Crippen LogP contribution in [0.2, 0.25) is 0 Å². The van der Waals surface area contributed by atoms with Crippen LogP contribution in [-0.4, -0.2) is 65.7 Å². The van der Waals surface area contributed by atoms with Gasteiger partial charge in [-0.2, -0.15) is 0 Å². The Morgan fingerprint density at radius 1 is 0.850 bits per heavy atom. The number of ketones is 3. The lowest BCUT2D eigenvalue weighted by Crippen LogP contribution is -2.42. The SMILES string of the molecule is CC.CC.CCC(=O)CCOCC(COCCC(C)=O)NC(=O)c1ccc(-c2ccc(C(=O)C(C)C)cn2)cn1. The summed E-state index contributed by atoms with van der Waals surface area (Å²) >= 11 is 0. The number of hydrogen-bond donors (Lipinski definition) is 1. The Kier molecular flexibility index (Phi) is 19.7. The second-order valence-electron chi connectivity index (χ2n) is 8.80. The number of ether oxygens (including phenoxy) is 2. The van der Waals surface area contributed by atoms with Gasteiger partial charge in [-0.1, -0.05) is 48.5 Å². The number of nitrogens with one attached hydrogen (secondary N) is 1. The fraction of sp³-hybridized carbons (Fsp3) is 0.548. The third kappa shape index (κ3) is 14.2. The van der Waals surface area contributed by atoms with Crippen molar-refractivity contribution < 1.29 is 28.7 Å². The molecule has 1 atom stereocenters. The third-order valence-electron chi connectivity index (χ3n) is 5.36. The summed E-state index contributed by atoms with van der Waals surface area (Å²) in [5.41, 5.74) is 2.11. The zero-order chi connectivity index (χ0) is 30.5. The number of carbonyl (C=O) groups excluding carboxylic acids is 4. The molecule has 9 nitrogen and oxygen atoms in total. The lowest BCUT2D eigenvalue weighted by molar-refractivity contribution is -0.120. The molecule has 9 heteroatoms. The molecule has 0 aliphatic heterocycles. The number of rotatable bonds is 16. The van der Waals surface area contributed by atoms with Gasteiger partial charge >= 0.3 is 0 Å². The van der Waals surface area contributed by atoms with Gasteiger partial charge in [0.1, 0.15) is 17.3 Å². The molecule has 0 aromatic carbocycles. The van der Waals surface area contributed by atoms with Crippen molar-refractivity contribution in [3.8, 4) is 11.3 Å². The van der Waals surface area contributed by atoms with Gasteiger partial charge in [0, 0.05) is 48.7 Å². The molecule has 0 saturated heterocycles. The molecule has 2 aromatic heterocycles. The largest absolute Gasteiger partial charge is 0.379 e. The molecule has 1 amide bonds. The first kappa shape index (κ1) is 36.7. The highest BCUT2D eigenvalue weighted by molar-refractivity contribution is 5.97. The van der Waals surface area contributed by atoms with E-state index in [2.05, 4.69) is 15.3 Å². The number of nitrogens with zero attached hydrogens (tertiary/aromatic N) is 2. The maximum atomic E-state index is 12.8. The quantitative estimate of drug-likeness (QED) is 0.211. The van der Waals surface area contributed by atoms with Gasteiger partial charge in [0.15, 0.2) is 5.78 Å². The van der Waals surface area contributed by atoms with Crippen LogP contribution < -0.4 is 5.32 Å². The van der Waals surface area contributed by atoms with Gasteiger partial charge in [-0.15, -0.1) is 0 Å². The van der Waals surface area contributed by atoms with Gasteiger partial charge in [-0.25, -0.2) is 0 Å². The Bertz CT molecular complexity index is 1020. The molecule has 222 valence electrons. The first-order chi connectivity index (χ1) is 19.2. The van der Waals surface area contributed by atoms with Crippen LogP contribution in [0, 0.1) is 5.92 Å². The Morgan fingerprint density at radius 3 is 1.95 bits per heavy atom. The lowest BCUT2D eigenvalue weighted by Gasteiger charge is -2.19. The monoisotopic (exact) mass is 557 g/mol. The molecule has 1 N–H and O–H groups in total. The van der Waals surface area contributed by atoms with Crippen LogP contribution in [0.1, 0.15) is 95.5 Å². The molecular formula is C31H47N3O6. The van der Waals surface area contributed by atoms with E-state index in [4.69, 9.17) is 9.47 Å². The van der Waals surface area contributed by atoms with E-state index in [-0.39, 0.29) is 61.8 Å². The van der Waals surface area contributed by atoms with Crippen LogP contribution in [0.3, 0.4) is 0 Å². The molecular weight excluding hydrogens is 510 g/mol. The number of Topliss-reactive ketones (excluding diaryl/α,β-unsaturated/α-hetero) is 3. The average Bonchev–Trinajstić information content (AvgIpc) is 2.98. The van der Waals surface area contributed by atoms with Crippen LogP contribution >= 0.6 is 0 Å². The number of carbonyl (C=O) groups is 4. The maximum Gasteiger partial charge on any atom is 0.270 e. The van der Waals surface area contributed by atoms with Crippen LogP contribution in [0.15, 0.2) is 36.7 Å². The minimum absolute atomic E-state index is 0.0184. The third-order valence-corrected chi connectivity index (χ3v) is 5.36. The van der Waals surface area contributed by atoms with Crippen molar-refractivity contribution in [3.63, 3.8) is 0 Å². The average molecular weight is 558 g/mol. The molecule has 0 aliphatic rings. The molecule has 0 bridgehead atoms. The van der Waals surface area contributed by atoms with Crippen molar-refractivity contribution in [2.45, 2.75) is 80.7 Å². The van der Waals surface area contributed by atoms with Crippen LogP contribution in [-0.2, 0) is 19.1 Å². The Morgan fingerprint density at radius 2 is 1.48 bits per heavy atom. The van der Waals surface area contributed by atoms with Gasteiger partial charge in [-0.3, -0.25) is 29.1 Å². The standard InChI is InChI=1S/C27H35N3O6.2C2H6/c1-5-23(32)11-13-36-17-22(16-35-12-10-19(4)31)30-27(34)25-9-6-20(14-29-25)24-8-7-21(15-28-24)26(33)18(2)3;2*1-2/h6-9,14-15,18,22H,5,10-13,16-17H2,1-4H3,(H,30,34);2*1-2H3. The number of aromatic nitrogens is 2. The van der Waals surface area contributed by atoms with Crippen LogP contribution in [0.25, 0.3) is 11.3 Å². The summed E-state index contributed by atoms with van der Waals surface area (Å²) in [6.45, 7) is 15.8. The fourth-order valence-electron chi connectivity index (χ4n) is 3.14. The summed E-state index contributed by atoms with van der Waals surface area (Å²) in [5, 5.41) is 2.84. The van der Waals surface area contributed by atoms with E-state index < -0.39 is 11.9 Å². The van der Waals surface area contributed by atoms with E-state index >= 15 is 0 Å². The Hall–Kier alpha value is -3.30. The predicted octanol–water partition coefficient (Wildman–Crippen LogP) is 5.51. The second-order valence-corrected chi connectivity index (χ2v) is 8.80. The Balaban J connectivity index is 0.00000363. The van der Waals surface area contributed by atoms with Crippen LogP contribution in [0.4, 0.5) is 0 Å². The van der Waals surface area contributed by atoms with E-state index in [0.29, 0.717) is 29.7 Å². The van der Waals surface area contributed by atoms with Crippen molar-refractivity contribution in [2.24, 2.45) is 5.92 Å². The summed E-state index contributed by atoms with van der Waals surface area (Å²) in [5.74, 6) is -0.358. The molecule has 0 spiro atoms. The van der Waals surface area contributed by atoms with E-state index in [9.17, 15) is 19.2 Å². The lowest BCUT2D eigenvalue weighted by atomic mass is 10.0. The van der Waals surface area contributed by atoms with Gasteiger partial charge in [0.05, 0.1) is 38.2 Å². The first-order valence-corrected chi connectivity index (χ1v) is 14.1. The first-order valence-electron chi connectivity index (χ1n) is 14.1. The highest BCUT2D eigenvalue weighted by Crippen LogP contribution is 2.17. The number of pyridine rings is 2. The van der Waals surface area contributed by atoms with Gasteiger partial charge in [0.2, 0.25) is 0 Å². The molecule has 0 saturated carbocycles. The summed E-state index contributed by atoms with van der Waals surface area (Å²) < 4.78 is 11.1. The van der Waals surface area contributed by atoms with Gasteiger partial charge in [0.25, 0.3) is 5.91 Å². The van der Waals surface area contributed by atoms with E-state index in [1.807, 2.05) is 41.5 Å². The number of hydrogen-bond acceptors (Lipinski definition) is 8. The van der Waals surface area contributed by atoms with E-state index in [0.717, 1.165) is 0 Å². The minimum atomic E-state index is -0.477. The summed E-state index contributed by atoms with van der Waals surface area (Å²) in [4.78, 5) is 56.1. The summed E-state index contributed by atoms with van der Waals surface area (Å²) in [6, 6.07) is 6.33. The van der Waals surface area contributed by atoms with Crippen molar-refractivity contribution >= 4 is 23.3 Å². The molecule has 0 aliphatic carbocycles. The minimum Gasteiger partial charge on any atom is -0.379 e. The topological polar surface area (TPSA) is 125 Å². The highest BCUT2D eigenvalue weighted by atomic mass is 16.5. The van der Waals surface area contributed by atoms with Gasteiger partial charge < -0.3 is 14.8 Å². The van der Waals surface area contributed by atoms with Gasteiger partial charge in [-0.05, 0) is 31.2 Å². The van der Waals surface area contributed by atoms with Crippen molar-refractivity contribution in [3.05, 3.63) is 47.9 Å². The molecule has 0 fully saturated rings. The maximum absolute atomic E-state index is 12.8. The smallest absolute Gasteiger partial charge is 0.270 e. The molecule has 2 heterocycles.